The topological polar surface area (TPSA) is 73.9 Å². The molecule has 2 aromatic carbocycles. The number of anilines is 1. The Morgan fingerprint density at radius 2 is 1.74 bits per heavy atom. The van der Waals surface area contributed by atoms with Gasteiger partial charge in [0.05, 0.1) is 0 Å². The Kier molecular flexibility index (Phi) is 5.35. The van der Waals surface area contributed by atoms with Crippen molar-refractivity contribution in [3.8, 4) is 11.5 Å². The molecule has 0 saturated heterocycles. The maximum atomic E-state index is 12.5. The predicted octanol–water partition coefficient (Wildman–Crippen LogP) is 3.40. The van der Waals surface area contributed by atoms with Crippen molar-refractivity contribution in [2.75, 3.05) is 5.32 Å². The molecule has 0 saturated carbocycles. The number of rotatable bonds is 4. The lowest BCUT2D eigenvalue weighted by Gasteiger charge is -2.31. The van der Waals surface area contributed by atoms with E-state index in [9.17, 15) is 9.59 Å². The molecule has 6 nitrogen and oxygen atoms in total. The van der Waals surface area contributed by atoms with Crippen molar-refractivity contribution in [1.82, 2.24) is 0 Å². The molecule has 1 aliphatic rings. The molecule has 0 aromatic heterocycles. The first kappa shape index (κ1) is 18.8. The van der Waals surface area contributed by atoms with E-state index >= 15 is 0 Å². The number of aryl methyl sites for hydroxylation is 2. The maximum absolute atomic E-state index is 12.5. The second-order valence-electron chi connectivity index (χ2n) is 6.69. The molecule has 1 aliphatic heterocycles. The molecule has 1 N–H and O–H groups in total. The Morgan fingerprint density at radius 3 is 2.41 bits per heavy atom. The average molecular weight is 369 g/mol. The van der Waals surface area contributed by atoms with E-state index in [1.54, 1.807) is 25.1 Å². The molecule has 0 fully saturated rings. The highest BCUT2D eigenvalue weighted by atomic mass is 16.6. The number of fused-ring (bicyclic) bond motifs is 1. The lowest BCUT2D eigenvalue weighted by molar-refractivity contribution is -0.165. The number of para-hydroxylation sites is 2. The van der Waals surface area contributed by atoms with Crippen LogP contribution in [0, 0.1) is 13.8 Å². The van der Waals surface area contributed by atoms with E-state index in [1.165, 1.54) is 6.92 Å². The van der Waals surface area contributed by atoms with Crippen LogP contribution in [0.5, 0.6) is 11.5 Å². The van der Waals surface area contributed by atoms with Gasteiger partial charge in [-0.1, -0.05) is 29.8 Å². The van der Waals surface area contributed by atoms with E-state index in [0.717, 1.165) is 11.1 Å². The first-order valence-corrected chi connectivity index (χ1v) is 8.86. The van der Waals surface area contributed by atoms with Crippen molar-refractivity contribution < 1.29 is 23.8 Å². The van der Waals surface area contributed by atoms with Crippen molar-refractivity contribution in [3.05, 3.63) is 53.6 Å². The number of amides is 1. The Hall–Kier alpha value is -3.02. The predicted molar refractivity (Wildman–Crippen MR) is 101 cm³/mol. The van der Waals surface area contributed by atoms with Crippen molar-refractivity contribution in [3.63, 3.8) is 0 Å². The molecule has 2 aromatic rings. The molecule has 1 amide bonds. The molecule has 6 heteroatoms. The van der Waals surface area contributed by atoms with Gasteiger partial charge in [-0.15, -0.1) is 0 Å². The van der Waals surface area contributed by atoms with Gasteiger partial charge in [-0.3, -0.25) is 4.79 Å². The van der Waals surface area contributed by atoms with Gasteiger partial charge in [0.25, 0.3) is 5.91 Å². The minimum absolute atomic E-state index is 0.403. The van der Waals surface area contributed by atoms with Gasteiger partial charge in [0.15, 0.2) is 17.6 Å². The summed E-state index contributed by atoms with van der Waals surface area (Å²) < 4.78 is 16.7. The van der Waals surface area contributed by atoms with E-state index < -0.39 is 30.2 Å². The highest BCUT2D eigenvalue weighted by molar-refractivity contribution is 5.96. The molecular formula is C21H23NO5. The number of benzene rings is 2. The molecule has 1 heterocycles. The summed E-state index contributed by atoms with van der Waals surface area (Å²) in [7, 11) is 0. The number of carbonyl (C=O) groups excluding carboxylic acids is 2. The zero-order chi connectivity index (χ0) is 19.6. The van der Waals surface area contributed by atoms with Crippen LogP contribution in [0.25, 0.3) is 0 Å². The van der Waals surface area contributed by atoms with Crippen LogP contribution in [-0.2, 0) is 14.3 Å². The minimum atomic E-state index is -0.967. The molecule has 3 atom stereocenters. The first-order chi connectivity index (χ1) is 12.8. The van der Waals surface area contributed by atoms with Gasteiger partial charge in [-0.25, -0.2) is 4.79 Å². The fourth-order valence-corrected chi connectivity index (χ4v) is 2.86. The van der Waals surface area contributed by atoms with Gasteiger partial charge in [-0.2, -0.15) is 0 Å². The summed E-state index contributed by atoms with van der Waals surface area (Å²) in [5.74, 6) is 0.0139. The summed E-state index contributed by atoms with van der Waals surface area (Å²) >= 11 is 0. The van der Waals surface area contributed by atoms with Crippen LogP contribution in [0.3, 0.4) is 0 Å². The largest absolute Gasteiger partial charge is 0.482 e. The highest BCUT2D eigenvalue weighted by Crippen LogP contribution is 2.33. The van der Waals surface area contributed by atoms with Crippen LogP contribution in [0.15, 0.2) is 42.5 Å². The summed E-state index contributed by atoms with van der Waals surface area (Å²) in [5, 5.41) is 2.78. The number of carbonyl (C=O) groups is 2. The van der Waals surface area contributed by atoms with Crippen LogP contribution >= 0.6 is 0 Å². The van der Waals surface area contributed by atoms with Crippen molar-refractivity contribution in [2.24, 2.45) is 0 Å². The number of hydrogen-bond donors (Lipinski definition) is 1. The fourth-order valence-electron chi connectivity index (χ4n) is 2.86. The van der Waals surface area contributed by atoms with Crippen LogP contribution in [-0.4, -0.2) is 30.2 Å². The molecule has 0 aliphatic carbocycles. The molecule has 0 radical (unpaired) electrons. The number of nitrogens with one attached hydrogen (secondary N) is 1. The average Bonchev–Trinajstić information content (AvgIpc) is 2.63. The van der Waals surface area contributed by atoms with Gasteiger partial charge in [-0.05, 0) is 51.5 Å². The molecule has 0 bridgehead atoms. The number of hydrogen-bond acceptors (Lipinski definition) is 5. The standard InChI is InChI=1S/C21H23NO5/c1-12-9-10-16(13(2)11-12)22-20(23)15(4)26-21(24)19-14(3)25-17-7-5-6-8-18(17)27-19/h5-11,14-15,19H,1-4H3,(H,22,23). The Balaban J connectivity index is 1.62. The van der Waals surface area contributed by atoms with Gasteiger partial charge in [0.1, 0.15) is 6.10 Å². The summed E-state index contributed by atoms with van der Waals surface area (Å²) in [6, 6.07) is 12.8. The first-order valence-electron chi connectivity index (χ1n) is 8.86. The fraction of sp³-hybridized carbons (Fsp3) is 0.333. The smallest absolute Gasteiger partial charge is 0.352 e. The van der Waals surface area contributed by atoms with E-state index in [4.69, 9.17) is 14.2 Å². The van der Waals surface area contributed by atoms with E-state index in [-0.39, 0.29) is 0 Å². The van der Waals surface area contributed by atoms with Crippen LogP contribution in [0.1, 0.15) is 25.0 Å². The third-order valence-corrected chi connectivity index (χ3v) is 4.38. The van der Waals surface area contributed by atoms with Gasteiger partial charge in [0, 0.05) is 5.69 Å². The Bertz CT molecular complexity index is 863. The zero-order valence-corrected chi connectivity index (χ0v) is 15.8. The minimum Gasteiger partial charge on any atom is -0.482 e. The van der Waals surface area contributed by atoms with Crippen LogP contribution in [0.4, 0.5) is 5.69 Å². The van der Waals surface area contributed by atoms with Crippen molar-refractivity contribution >= 4 is 17.6 Å². The molecular weight excluding hydrogens is 346 g/mol. The SMILES string of the molecule is Cc1ccc(NC(=O)C(C)OC(=O)C2Oc3ccccc3OC2C)c(C)c1. The van der Waals surface area contributed by atoms with Gasteiger partial charge >= 0.3 is 5.97 Å². The van der Waals surface area contributed by atoms with Crippen molar-refractivity contribution in [1.29, 1.82) is 0 Å². The molecule has 3 unspecified atom stereocenters. The summed E-state index contributed by atoms with van der Waals surface area (Å²) in [5.41, 5.74) is 2.73. The summed E-state index contributed by atoms with van der Waals surface area (Å²) in [6.45, 7) is 7.14. The van der Waals surface area contributed by atoms with E-state index in [1.807, 2.05) is 38.1 Å². The highest BCUT2D eigenvalue weighted by Gasteiger charge is 2.36. The second-order valence-corrected chi connectivity index (χ2v) is 6.69. The molecule has 0 spiro atoms. The maximum Gasteiger partial charge on any atom is 0.352 e. The Morgan fingerprint density at radius 1 is 1.07 bits per heavy atom. The third-order valence-electron chi connectivity index (χ3n) is 4.38. The van der Waals surface area contributed by atoms with Gasteiger partial charge < -0.3 is 19.5 Å². The Labute approximate surface area is 158 Å². The number of esters is 1. The summed E-state index contributed by atoms with van der Waals surface area (Å²) in [6.07, 6.45) is -2.43. The van der Waals surface area contributed by atoms with Crippen molar-refractivity contribution in [2.45, 2.75) is 46.0 Å². The lowest BCUT2D eigenvalue weighted by atomic mass is 10.1. The summed E-state index contributed by atoms with van der Waals surface area (Å²) in [4.78, 5) is 24.9. The zero-order valence-electron chi connectivity index (χ0n) is 15.8. The van der Waals surface area contributed by atoms with E-state index in [0.29, 0.717) is 17.2 Å². The monoisotopic (exact) mass is 369 g/mol. The van der Waals surface area contributed by atoms with Crippen LogP contribution < -0.4 is 14.8 Å². The van der Waals surface area contributed by atoms with E-state index in [2.05, 4.69) is 5.32 Å². The number of ether oxygens (including phenoxy) is 3. The molecule has 3 rings (SSSR count). The third kappa shape index (κ3) is 4.22. The molecule has 27 heavy (non-hydrogen) atoms. The van der Waals surface area contributed by atoms with Gasteiger partial charge in [0.2, 0.25) is 6.10 Å². The van der Waals surface area contributed by atoms with Crippen LogP contribution in [0.2, 0.25) is 0 Å². The lowest BCUT2D eigenvalue weighted by Crippen LogP contribution is -2.46. The second kappa shape index (κ2) is 7.70. The quantitative estimate of drug-likeness (QED) is 0.836. The molecule has 142 valence electrons. The normalized spacial score (nSPS) is 19.1.